The van der Waals surface area contributed by atoms with Crippen LogP contribution in [-0.2, 0) is 34.3 Å². The summed E-state index contributed by atoms with van der Waals surface area (Å²) in [5, 5.41) is 10.6. The van der Waals surface area contributed by atoms with Gasteiger partial charge in [0.15, 0.2) is 0 Å². The maximum Gasteiger partial charge on any atom is 0.303 e. The molecule has 0 aliphatic heterocycles. The van der Waals surface area contributed by atoms with Gasteiger partial charge < -0.3 is 5.11 Å². The number of rotatable bonds is 10. The van der Waals surface area contributed by atoms with Crippen LogP contribution in [0.4, 0.5) is 0 Å². The van der Waals surface area contributed by atoms with Crippen LogP contribution in [0.3, 0.4) is 0 Å². The molecule has 0 spiro atoms. The van der Waals surface area contributed by atoms with Gasteiger partial charge in [-0.25, -0.2) is 13.4 Å². The molecule has 1 N–H and O–H groups in total. The fourth-order valence-corrected chi connectivity index (χ4v) is 5.83. The summed E-state index contributed by atoms with van der Waals surface area (Å²) in [6.45, 7) is 0.288. The lowest BCUT2D eigenvalue weighted by Gasteiger charge is -2.21. The van der Waals surface area contributed by atoms with E-state index in [0.717, 1.165) is 39.3 Å². The molecule has 0 saturated heterocycles. The number of benzene rings is 2. The van der Waals surface area contributed by atoms with Crippen molar-refractivity contribution in [1.29, 1.82) is 0 Å². The number of carboxylic acid groups (broad SMARTS) is 1. The molecule has 0 aliphatic rings. The van der Waals surface area contributed by atoms with Gasteiger partial charge in [0.25, 0.3) is 10.0 Å². The number of aryl methyl sites for hydroxylation is 1. The third-order valence-corrected chi connectivity index (χ3v) is 8.09. The van der Waals surface area contributed by atoms with Crippen molar-refractivity contribution in [1.82, 2.24) is 19.3 Å². The first kappa shape index (κ1) is 23.7. The van der Waals surface area contributed by atoms with E-state index in [4.69, 9.17) is 5.11 Å². The molecule has 0 atom stereocenters. The van der Waals surface area contributed by atoms with Crippen molar-refractivity contribution >= 4 is 27.3 Å². The van der Waals surface area contributed by atoms with Crippen molar-refractivity contribution in [2.75, 3.05) is 0 Å². The molecule has 0 radical (unpaired) electrons. The van der Waals surface area contributed by atoms with Crippen LogP contribution in [0, 0.1) is 0 Å². The molecule has 8 nitrogen and oxygen atoms in total. The smallest absolute Gasteiger partial charge is 0.303 e. The summed E-state index contributed by atoms with van der Waals surface area (Å²) in [6, 6.07) is 14.9. The lowest BCUT2D eigenvalue weighted by molar-refractivity contribution is -0.136. The maximum absolute atomic E-state index is 13.4. The van der Waals surface area contributed by atoms with Gasteiger partial charge >= 0.3 is 5.97 Å². The number of carbonyl (C=O) groups is 1. The van der Waals surface area contributed by atoms with Gasteiger partial charge in [0.05, 0.1) is 11.9 Å². The van der Waals surface area contributed by atoms with E-state index in [2.05, 4.69) is 15.0 Å². The molecular formula is C24H22N4O4S2. The molecule has 0 aliphatic carbocycles. The molecule has 0 bridgehead atoms. The van der Waals surface area contributed by atoms with Crippen LogP contribution in [0.2, 0.25) is 0 Å². The normalized spacial score (nSPS) is 11.6. The Morgan fingerprint density at radius 3 is 2.38 bits per heavy atom. The molecular weight excluding hydrogens is 472 g/mol. The van der Waals surface area contributed by atoms with Crippen LogP contribution in [0.1, 0.15) is 23.1 Å². The fraction of sp³-hybridized carbons (Fsp3) is 0.167. The number of aromatic nitrogens is 3. The molecule has 0 amide bonds. The van der Waals surface area contributed by atoms with Crippen LogP contribution in [0.15, 0.2) is 83.0 Å². The van der Waals surface area contributed by atoms with Crippen molar-refractivity contribution in [3.05, 3.63) is 95.4 Å². The first-order valence-electron chi connectivity index (χ1n) is 10.5. The van der Waals surface area contributed by atoms with E-state index in [1.54, 1.807) is 24.0 Å². The van der Waals surface area contributed by atoms with E-state index in [1.807, 2.05) is 48.5 Å². The Hall–Kier alpha value is -3.47. The van der Waals surface area contributed by atoms with E-state index in [-0.39, 0.29) is 23.8 Å². The third kappa shape index (κ3) is 5.90. The van der Waals surface area contributed by atoms with Gasteiger partial charge in [-0.2, -0.15) is 4.31 Å². The topological polar surface area (TPSA) is 113 Å². The highest BCUT2D eigenvalue weighted by atomic mass is 32.2. The van der Waals surface area contributed by atoms with Crippen LogP contribution in [-0.4, -0.2) is 38.8 Å². The van der Waals surface area contributed by atoms with Crippen molar-refractivity contribution in [2.45, 2.75) is 30.3 Å². The Balaban J connectivity index is 1.59. The number of aliphatic carboxylic acids is 1. The summed E-state index contributed by atoms with van der Waals surface area (Å²) in [5.74, 6) is -0.872. The fourth-order valence-electron chi connectivity index (χ4n) is 3.45. The molecule has 0 unspecified atom stereocenters. The summed E-state index contributed by atoms with van der Waals surface area (Å²) in [4.78, 5) is 23.3. The van der Waals surface area contributed by atoms with E-state index in [9.17, 15) is 13.2 Å². The molecule has 0 fully saturated rings. The largest absolute Gasteiger partial charge is 0.481 e. The number of carboxylic acids is 1. The summed E-state index contributed by atoms with van der Waals surface area (Å²) >= 11 is 1.07. The zero-order valence-electron chi connectivity index (χ0n) is 18.1. The molecule has 4 rings (SSSR count). The molecule has 34 heavy (non-hydrogen) atoms. The Morgan fingerprint density at radius 2 is 1.71 bits per heavy atom. The van der Waals surface area contributed by atoms with Crippen molar-refractivity contribution in [3.63, 3.8) is 0 Å². The van der Waals surface area contributed by atoms with Gasteiger partial charge in [-0.3, -0.25) is 14.8 Å². The highest BCUT2D eigenvalue weighted by molar-refractivity contribution is 7.91. The Morgan fingerprint density at radius 1 is 0.941 bits per heavy atom. The molecule has 2 aromatic carbocycles. The Bertz CT molecular complexity index is 1340. The zero-order valence-corrected chi connectivity index (χ0v) is 19.7. The minimum absolute atomic E-state index is 0.0166. The second kappa shape index (κ2) is 10.6. The molecule has 4 aromatic rings. The lowest BCUT2D eigenvalue weighted by Crippen LogP contribution is -2.30. The van der Waals surface area contributed by atoms with Crippen LogP contribution in [0.25, 0.3) is 11.3 Å². The van der Waals surface area contributed by atoms with Gasteiger partial charge in [-0.05, 0) is 23.1 Å². The van der Waals surface area contributed by atoms with E-state index in [1.165, 1.54) is 10.5 Å². The Labute approximate surface area is 201 Å². The first-order valence-corrected chi connectivity index (χ1v) is 12.8. The quantitative estimate of drug-likeness (QED) is 0.354. The number of hydrogen-bond donors (Lipinski definition) is 1. The molecule has 2 heterocycles. The van der Waals surface area contributed by atoms with Gasteiger partial charge in [-0.1, -0.05) is 48.5 Å². The van der Waals surface area contributed by atoms with Crippen LogP contribution < -0.4 is 0 Å². The SMILES string of the molecule is O=C(O)CCc1cccc(CN(Cc2ccc(-c3cnccn3)cc2)S(=O)(=O)c2nccs2)c1. The Kier molecular flexibility index (Phi) is 7.41. The molecule has 174 valence electrons. The number of sulfonamides is 1. The van der Waals surface area contributed by atoms with Gasteiger partial charge in [0.2, 0.25) is 4.34 Å². The monoisotopic (exact) mass is 494 g/mol. The average Bonchev–Trinajstić information content (AvgIpc) is 3.40. The van der Waals surface area contributed by atoms with Crippen LogP contribution in [0.5, 0.6) is 0 Å². The van der Waals surface area contributed by atoms with Gasteiger partial charge in [0.1, 0.15) is 0 Å². The average molecular weight is 495 g/mol. The number of nitrogens with zero attached hydrogens (tertiary/aromatic N) is 4. The van der Waals surface area contributed by atoms with Crippen LogP contribution >= 0.6 is 11.3 Å². The van der Waals surface area contributed by atoms with Gasteiger partial charge in [0, 0.05) is 49.0 Å². The van der Waals surface area contributed by atoms with E-state index in [0.29, 0.717) is 6.42 Å². The number of thiazole rings is 1. The summed E-state index contributed by atoms with van der Waals surface area (Å²) in [5.41, 5.74) is 4.06. The maximum atomic E-state index is 13.4. The predicted molar refractivity (Wildman–Crippen MR) is 128 cm³/mol. The second-order valence-corrected chi connectivity index (χ2v) is 10.6. The lowest BCUT2D eigenvalue weighted by atomic mass is 10.1. The van der Waals surface area contributed by atoms with Crippen molar-refractivity contribution in [2.24, 2.45) is 0 Å². The minimum Gasteiger partial charge on any atom is -0.481 e. The molecule has 0 saturated carbocycles. The van der Waals surface area contributed by atoms with Crippen molar-refractivity contribution < 1.29 is 18.3 Å². The molecule has 2 aromatic heterocycles. The zero-order chi connectivity index (χ0) is 24.0. The van der Waals surface area contributed by atoms with E-state index < -0.39 is 16.0 Å². The first-order chi connectivity index (χ1) is 16.4. The van der Waals surface area contributed by atoms with Crippen molar-refractivity contribution in [3.8, 4) is 11.3 Å². The highest BCUT2D eigenvalue weighted by Gasteiger charge is 2.27. The highest BCUT2D eigenvalue weighted by Crippen LogP contribution is 2.24. The standard InChI is InChI=1S/C24H22N4O4S2/c29-23(30)9-6-18-2-1-3-20(14-18)17-28(34(31,32)24-27-12-13-33-24)16-19-4-7-21(8-5-19)22-15-25-10-11-26-22/h1-5,7-8,10-15H,6,9,16-17H2,(H,29,30). The number of hydrogen-bond acceptors (Lipinski definition) is 7. The summed E-state index contributed by atoms with van der Waals surface area (Å²) < 4.78 is 28.2. The second-order valence-electron chi connectivity index (χ2n) is 7.57. The van der Waals surface area contributed by atoms with E-state index >= 15 is 0 Å². The molecule has 10 heteroatoms. The van der Waals surface area contributed by atoms with Gasteiger partial charge in [-0.15, -0.1) is 11.3 Å². The summed E-state index contributed by atoms with van der Waals surface area (Å²) in [7, 11) is -3.83. The predicted octanol–water partition coefficient (Wildman–Crippen LogP) is 4.01. The summed E-state index contributed by atoms with van der Waals surface area (Å²) in [6.07, 6.45) is 6.77. The minimum atomic E-state index is -3.83. The third-order valence-electron chi connectivity index (χ3n) is 5.12.